The maximum atomic E-state index is 11.7. The third-order valence-corrected chi connectivity index (χ3v) is 7.33. The van der Waals surface area contributed by atoms with Crippen LogP contribution in [-0.4, -0.2) is 41.1 Å². The first-order valence-electron chi connectivity index (χ1n) is 9.27. The van der Waals surface area contributed by atoms with Crippen LogP contribution >= 0.6 is 0 Å². The van der Waals surface area contributed by atoms with Crippen LogP contribution in [0.5, 0.6) is 5.75 Å². The lowest BCUT2D eigenvalue weighted by molar-refractivity contribution is -0.142. The molecule has 2 saturated carbocycles. The van der Waals surface area contributed by atoms with E-state index < -0.39 is 5.60 Å². The molecule has 0 aromatic heterocycles. The summed E-state index contributed by atoms with van der Waals surface area (Å²) in [4.78, 5) is 11.7. The number of benzene rings is 1. The number of ether oxygens (including phenoxy) is 2. The Morgan fingerprint density at radius 2 is 2.16 bits per heavy atom. The highest BCUT2D eigenvalue weighted by Gasteiger charge is 2.65. The summed E-state index contributed by atoms with van der Waals surface area (Å²) in [5, 5.41) is 21.0. The number of aliphatic hydroxyl groups is 1. The third-order valence-electron chi connectivity index (χ3n) is 7.33. The van der Waals surface area contributed by atoms with Crippen LogP contribution in [-0.2, 0) is 20.7 Å². The van der Waals surface area contributed by atoms with Crippen molar-refractivity contribution in [2.45, 2.75) is 55.8 Å². The molecule has 5 heteroatoms. The number of hydrogen-bond acceptors (Lipinski definition) is 5. The van der Waals surface area contributed by atoms with Crippen LogP contribution in [0.4, 0.5) is 0 Å². The van der Waals surface area contributed by atoms with Gasteiger partial charge in [0, 0.05) is 7.11 Å². The minimum atomic E-state index is -0.986. The maximum absolute atomic E-state index is 11.7. The summed E-state index contributed by atoms with van der Waals surface area (Å²) < 4.78 is 11.3. The standard InChI is InChI=1S/C20H24O5/c1-24-16-7-10-6-11(21)2-3-12(10)13-4-5-15-14(19(13)16)8-17-20(15,23)9-18(22)25-17/h2-3,6,13-17,19,21,23H,4-5,7-9H2,1H3. The van der Waals surface area contributed by atoms with Crippen LogP contribution in [0.3, 0.4) is 0 Å². The van der Waals surface area contributed by atoms with Crippen LogP contribution in [0.1, 0.15) is 42.7 Å². The van der Waals surface area contributed by atoms with E-state index in [2.05, 4.69) is 6.07 Å². The Kier molecular flexibility index (Phi) is 3.26. The fourth-order valence-corrected chi connectivity index (χ4v) is 6.41. The van der Waals surface area contributed by atoms with E-state index in [0.29, 0.717) is 23.5 Å². The van der Waals surface area contributed by atoms with Crippen LogP contribution in [0, 0.1) is 17.8 Å². The number of fused-ring (bicyclic) bond motifs is 7. The van der Waals surface area contributed by atoms with Gasteiger partial charge in [-0.15, -0.1) is 0 Å². The number of rotatable bonds is 1. The second-order valence-corrected chi connectivity index (χ2v) is 8.28. The van der Waals surface area contributed by atoms with E-state index in [1.165, 1.54) is 11.1 Å². The van der Waals surface area contributed by atoms with Gasteiger partial charge in [0.2, 0.25) is 0 Å². The normalized spacial score (nSPS) is 44.5. The quantitative estimate of drug-likeness (QED) is 0.764. The van der Waals surface area contributed by atoms with Gasteiger partial charge >= 0.3 is 5.97 Å². The minimum Gasteiger partial charge on any atom is -0.508 e. The first-order valence-corrected chi connectivity index (χ1v) is 9.27. The van der Waals surface area contributed by atoms with Crippen LogP contribution < -0.4 is 0 Å². The van der Waals surface area contributed by atoms with Crippen LogP contribution in [0.25, 0.3) is 0 Å². The maximum Gasteiger partial charge on any atom is 0.309 e. The van der Waals surface area contributed by atoms with Gasteiger partial charge in [-0.05, 0) is 72.6 Å². The van der Waals surface area contributed by atoms with Crippen molar-refractivity contribution in [1.29, 1.82) is 0 Å². The highest BCUT2D eigenvalue weighted by molar-refractivity contribution is 5.74. The van der Waals surface area contributed by atoms with Gasteiger partial charge in [-0.25, -0.2) is 0 Å². The van der Waals surface area contributed by atoms with Crippen molar-refractivity contribution in [2.75, 3.05) is 7.11 Å². The molecule has 1 aliphatic heterocycles. The van der Waals surface area contributed by atoms with Crippen molar-refractivity contribution < 1.29 is 24.5 Å². The number of phenolic OH excluding ortho intramolecular Hbond substituents is 1. The molecule has 4 aliphatic rings. The molecule has 1 aromatic rings. The predicted octanol–water partition coefficient (Wildman–Crippen LogP) is 2.14. The molecule has 1 saturated heterocycles. The van der Waals surface area contributed by atoms with E-state index in [1.54, 1.807) is 13.2 Å². The zero-order valence-corrected chi connectivity index (χ0v) is 14.4. The summed E-state index contributed by atoms with van der Waals surface area (Å²) in [6.07, 6.45) is 3.27. The van der Waals surface area contributed by atoms with E-state index in [1.807, 2.05) is 6.07 Å². The van der Waals surface area contributed by atoms with Gasteiger partial charge in [-0.2, -0.15) is 0 Å². The van der Waals surface area contributed by atoms with E-state index in [0.717, 1.165) is 25.7 Å². The Bertz CT molecular complexity index is 731. The summed E-state index contributed by atoms with van der Waals surface area (Å²) in [6, 6.07) is 5.69. The third kappa shape index (κ3) is 2.05. The lowest BCUT2D eigenvalue weighted by Gasteiger charge is -2.49. The van der Waals surface area contributed by atoms with Gasteiger partial charge in [-0.3, -0.25) is 4.79 Å². The molecule has 134 valence electrons. The van der Waals surface area contributed by atoms with Crippen molar-refractivity contribution in [2.24, 2.45) is 17.8 Å². The minimum absolute atomic E-state index is 0.0743. The second-order valence-electron chi connectivity index (χ2n) is 8.28. The first-order chi connectivity index (χ1) is 12.0. The summed E-state index contributed by atoms with van der Waals surface area (Å²) in [5.41, 5.74) is 1.51. The van der Waals surface area contributed by atoms with Crippen LogP contribution in [0.2, 0.25) is 0 Å². The molecule has 3 fully saturated rings. The van der Waals surface area contributed by atoms with Crippen molar-refractivity contribution >= 4 is 5.97 Å². The highest BCUT2D eigenvalue weighted by atomic mass is 16.6. The number of carbonyl (C=O) groups is 1. The van der Waals surface area contributed by atoms with Gasteiger partial charge in [0.05, 0.1) is 12.5 Å². The highest BCUT2D eigenvalue weighted by Crippen LogP contribution is 2.61. The second kappa shape index (κ2) is 5.21. The molecule has 0 bridgehead atoms. The monoisotopic (exact) mass is 344 g/mol. The van der Waals surface area contributed by atoms with Crippen molar-refractivity contribution in [3.8, 4) is 5.75 Å². The van der Waals surface area contributed by atoms with Crippen molar-refractivity contribution in [3.63, 3.8) is 0 Å². The topological polar surface area (TPSA) is 76.0 Å². The van der Waals surface area contributed by atoms with Crippen LogP contribution in [0.15, 0.2) is 18.2 Å². The zero-order chi connectivity index (χ0) is 17.3. The number of carbonyl (C=O) groups excluding carboxylic acids is 1. The average Bonchev–Trinajstić information content (AvgIpc) is 3.01. The van der Waals surface area contributed by atoms with Gasteiger partial charge in [-0.1, -0.05) is 6.07 Å². The lowest BCUT2D eigenvalue weighted by Crippen LogP contribution is -2.48. The smallest absolute Gasteiger partial charge is 0.309 e. The fourth-order valence-electron chi connectivity index (χ4n) is 6.41. The SMILES string of the molecule is COC1Cc2cc(O)ccc2C2CCC3C(CC4OC(=O)CC43O)C12. The van der Waals surface area contributed by atoms with Gasteiger partial charge in [0.15, 0.2) is 0 Å². The number of esters is 1. The molecule has 0 amide bonds. The number of aromatic hydroxyl groups is 1. The van der Waals surface area contributed by atoms with Gasteiger partial charge < -0.3 is 19.7 Å². The molecule has 0 spiro atoms. The molecular weight excluding hydrogens is 320 g/mol. The molecule has 1 aromatic carbocycles. The van der Waals surface area contributed by atoms with E-state index >= 15 is 0 Å². The summed E-state index contributed by atoms with van der Waals surface area (Å²) >= 11 is 0. The first kappa shape index (κ1) is 15.6. The van der Waals surface area contributed by atoms with Crippen molar-refractivity contribution in [1.82, 2.24) is 0 Å². The van der Waals surface area contributed by atoms with Crippen molar-refractivity contribution in [3.05, 3.63) is 29.3 Å². The number of phenols is 1. The fraction of sp³-hybridized carbons (Fsp3) is 0.650. The Hall–Kier alpha value is -1.59. The van der Waals surface area contributed by atoms with E-state index in [4.69, 9.17) is 9.47 Å². The molecule has 7 unspecified atom stereocenters. The molecule has 5 nitrogen and oxygen atoms in total. The van der Waals surface area contributed by atoms with Gasteiger partial charge in [0.25, 0.3) is 0 Å². The van der Waals surface area contributed by atoms with E-state index in [9.17, 15) is 15.0 Å². The molecule has 3 aliphatic carbocycles. The molecule has 0 radical (unpaired) electrons. The Morgan fingerprint density at radius 3 is 2.96 bits per heavy atom. The lowest BCUT2D eigenvalue weighted by atomic mass is 9.58. The predicted molar refractivity (Wildman–Crippen MR) is 89.1 cm³/mol. The summed E-state index contributed by atoms with van der Waals surface area (Å²) in [5.74, 6) is 1.18. The Balaban J connectivity index is 1.54. The Morgan fingerprint density at radius 1 is 1.32 bits per heavy atom. The largest absolute Gasteiger partial charge is 0.508 e. The molecule has 7 atom stereocenters. The molecular formula is C20H24O5. The summed E-state index contributed by atoms with van der Waals surface area (Å²) in [6.45, 7) is 0. The number of hydrogen-bond donors (Lipinski definition) is 2. The average molecular weight is 344 g/mol. The number of methoxy groups -OCH3 is 1. The molecule has 2 N–H and O–H groups in total. The molecule has 5 rings (SSSR count). The molecule has 1 heterocycles. The van der Waals surface area contributed by atoms with Gasteiger partial charge in [0.1, 0.15) is 17.5 Å². The zero-order valence-electron chi connectivity index (χ0n) is 14.4. The summed E-state index contributed by atoms with van der Waals surface area (Å²) in [7, 11) is 1.75. The van der Waals surface area contributed by atoms with E-state index in [-0.39, 0.29) is 30.5 Å². The molecule has 25 heavy (non-hydrogen) atoms. The Labute approximate surface area is 146 Å².